The van der Waals surface area contributed by atoms with Crippen molar-refractivity contribution in [3.8, 4) is 28.3 Å². The fourth-order valence-electron chi connectivity index (χ4n) is 5.14. The van der Waals surface area contributed by atoms with Gasteiger partial charge in [0.15, 0.2) is 28.9 Å². The van der Waals surface area contributed by atoms with Crippen molar-refractivity contribution in [2.75, 3.05) is 0 Å². The van der Waals surface area contributed by atoms with Crippen molar-refractivity contribution in [1.82, 2.24) is 14.2 Å². The molecule has 218 valence electrons. The molecule has 0 fully saturated rings. The van der Waals surface area contributed by atoms with E-state index in [4.69, 9.17) is 4.74 Å². The van der Waals surface area contributed by atoms with Crippen molar-refractivity contribution in [2.45, 2.75) is 20.3 Å². The van der Waals surface area contributed by atoms with Crippen LogP contribution < -0.4 is 10.3 Å². The fraction of sp³-hybridized carbons (Fsp3) is 0.0857. The van der Waals surface area contributed by atoms with Gasteiger partial charge in [0.1, 0.15) is 11.3 Å². The van der Waals surface area contributed by atoms with Crippen LogP contribution in [-0.2, 0) is 6.42 Å². The second kappa shape index (κ2) is 11.5. The van der Waals surface area contributed by atoms with Gasteiger partial charge in [-0.2, -0.15) is 5.10 Å². The number of halogens is 2. The molecule has 0 aliphatic carbocycles. The van der Waals surface area contributed by atoms with Crippen LogP contribution in [0.5, 0.6) is 11.5 Å². The molecule has 0 N–H and O–H groups in total. The highest BCUT2D eigenvalue weighted by Crippen LogP contribution is 2.35. The first-order valence-corrected chi connectivity index (χ1v) is 13.7. The van der Waals surface area contributed by atoms with Crippen molar-refractivity contribution in [1.29, 1.82) is 0 Å². The molecule has 0 aliphatic rings. The highest BCUT2D eigenvalue weighted by atomic mass is 19.1. The van der Waals surface area contributed by atoms with Crippen molar-refractivity contribution in [3.05, 3.63) is 148 Å². The summed E-state index contributed by atoms with van der Waals surface area (Å²) in [6.45, 7) is 3.15. The van der Waals surface area contributed by atoms with Crippen molar-refractivity contribution in [3.63, 3.8) is 0 Å². The third kappa shape index (κ3) is 5.43. The van der Waals surface area contributed by atoms with Gasteiger partial charge >= 0.3 is 0 Å². The van der Waals surface area contributed by atoms with Crippen LogP contribution in [0.1, 0.15) is 38.8 Å². The lowest BCUT2D eigenvalue weighted by atomic mass is 10.0. The SMILES string of the molecule is CC(=O)c1cccc(-c2ccn3nccc(Oc4ccc(CC(=O)c5c(C)ccn(-c6ccc(F)cc6)c5=O)cc4F)c23)c1. The highest BCUT2D eigenvalue weighted by Gasteiger charge is 2.19. The number of aromatic nitrogens is 3. The predicted octanol–water partition coefficient (Wildman–Crippen LogP) is 7.16. The summed E-state index contributed by atoms with van der Waals surface area (Å²) >= 11 is 0. The molecule has 3 aromatic carbocycles. The van der Waals surface area contributed by atoms with Gasteiger partial charge in [-0.05, 0) is 85.1 Å². The summed E-state index contributed by atoms with van der Waals surface area (Å²) in [7, 11) is 0. The molecule has 9 heteroatoms. The monoisotopic (exact) mass is 589 g/mol. The van der Waals surface area contributed by atoms with Crippen LogP contribution in [0.25, 0.3) is 22.3 Å². The predicted molar refractivity (Wildman–Crippen MR) is 162 cm³/mol. The average molecular weight is 590 g/mol. The Labute approximate surface area is 250 Å². The van der Waals surface area contributed by atoms with E-state index in [1.54, 1.807) is 54.0 Å². The molecule has 0 bridgehead atoms. The van der Waals surface area contributed by atoms with Gasteiger partial charge in [-0.15, -0.1) is 0 Å². The summed E-state index contributed by atoms with van der Waals surface area (Å²) in [5, 5.41) is 4.32. The van der Waals surface area contributed by atoms with Crippen molar-refractivity contribution >= 4 is 17.1 Å². The first-order chi connectivity index (χ1) is 21.2. The van der Waals surface area contributed by atoms with Crippen LogP contribution in [0.4, 0.5) is 8.78 Å². The summed E-state index contributed by atoms with van der Waals surface area (Å²) in [6, 6.07) is 21.9. The number of hydrogen-bond donors (Lipinski definition) is 0. The maximum atomic E-state index is 15.4. The van der Waals surface area contributed by atoms with Crippen LogP contribution in [-0.4, -0.2) is 25.7 Å². The van der Waals surface area contributed by atoms with Gasteiger partial charge in [-0.3, -0.25) is 19.0 Å². The van der Waals surface area contributed by atoms with E-state index in [2.05, 4.69) is 5.10 Å². The fourth-order valence-corrected chi connectivity index (χ4v) is 5.14. The minimum absolute atomic E-state index is 0.0219. The number of ether oxygens (including phenoxy) is 1. The molecule has 44 heavy (non-hydrogen) atoms. The van der Waals surface area contributed by atoms with Gasteiger partial charge in [-0.25, -0.2) is 13.3 Å². The Morgan fingerprint density at radius 1 is 0.886 bits per heavy atom. The number of carbonyl (C=O) groups is 2. The smallest absolute Gasteiger partial charge is 0.266 e. The Morgan fingerprint density at radius 2 is 1.68 bits per heavy atom. The zero-order chi connectivity index (χ0) is 31.0. The van der Waals surface area contributed by atoms with E-state index in [1.165, 1.54) is 60.3 Å². The summed E-state index contributed by atoms with van der Waals surface area (Å²) in [5.74, 6) is -1.39. The zero-order valence-corrected chi connectivity index (χ0v) is 23.8. The van der Waals surface area contributed by atoms with Gasteiger partial charge in [0.05, 0.1) is 11.8 Å². The van der Waals surface area contributed by atoms with Crippen LogP contribution >= 0.6 is 0 Å². The lowest BCUT2D eigenvalue weighted by molar-refractivity contribution is 0.0988. The number of nitrogens with zero attached hydrogens (tertiary/aromatic N) is 3. The van der Waals surface area contributed by atoms with Gasteiger partial charge < -0.3 is 4.74 Å². The maximum Gasteiger partial charge on any atom is 0.266 e. The summed E-state index contributed by atoms with van der Waals surface area (Å²) in [6.07, 6.45) is 4.60. The van der Waals surface area contributed by atoms with Crippen LogP contribution in [0.3, 0.4) is 0 Å². The first-order valence-electron chi connectivity index (χ1n) is 13.7. The Morgan fingerprint density at radius 3 is 2.43 bits per heavy atom. The third-order valence-electron chi connectivity index (χ3n) is 7.36. The molecule has 3 heterocycles. The Hall–Kier alpha value is -5.70. The zero-order valence-electron chi connectivity index (χ0n) is 23.8. The Balaban J connectivity index is 1.27. The van der Waals surface area contributed by atoms with Crippen LogP contribution in [0.15, 0.2) is 108 Å². The van der Waals surface area contributed by atoms with E-state index in [-0.39, 0.29) is 23.5 Å². The van der Waals surface area contributed by atoms with E-state index in [1.807, 2.05) is 12.1 Å². The summed E-state index contributed by atoms with van der Waals surface area (Å²) in [5.41, 5.74) is 3.38. The van der Waals surface area contributed by atoms with Crippen molar-refractivity contribution < 1.29 is 23.1 Å². The molecule has 0 atom stereocenters. The quantitative estimate of drug-likeness (QED) is 0.176. The van der Waals surface area contributed by atoms with E-state index in [0.29, 0.717) is 33.6 Å². The average Bonchev–Trinajstić information content (AvgIpc) is 3.45. The Kier molecular flexibility index (Phi) is 7.45. The molecular weight excluding hydrogens is 564 g/mol. The molecular formula is C35H25F2N3O4. The first kappa shape index (κ1) is 28.4. The number of ketones is 2. The minimum atomic E-state index is -0.689. The van der Waals surface area contributed by atoms with E-state index in [0.717, 1.165) is 11.1 Å². The van der Waals surface area contributed by atoms with E-state index < -0.39 is 23.0 Å². The number of hydrogen-bond acceptors (Lipinski definition) is 5. The second-order valence-corrected chi connectivity index (χ2v) is 10.3. The van der Waals surface area contributed by atoms with E-state index >= 15 is 4.39 Å². The number of Topliss-reactive ketones (excluding diaryl/α,β-unsaturated/α-hetero) is 2. The normalized spacial score (nSPS) is 11.1. The van der Waals surface area contributed by atoms with Crippen molar-refractivity contribution in [2.24, 2.45) is 0 Å². The third-order valence-corrected chi connectivity index (χ3v) is 7.36. The molecule has 0 saturated carbocycles. The number of rotatable bonds is 8. The largest absolute Gasteiger partial charge is 0.452 e. The Bertz CT molecular complexity index is 2130. The minimum Gasteiger partial charge on any atom is -0.452 e. The summed E-state index contributed by atoms with van der Waals surface area (Å²) < 4.78 is 37.6. The molecule has 6 aromatic rings. The standard InChI is InChI=1S/C35H25F2N3O4/c1-21-13-16-39(27-9-7-26(36)8-10-27)35(43)33(21)30(42)19-23-6-11-31(29(37)18-23)44-32-12-15-38-40-17-14-28(34(32)40)25-5-3-4-24(20-25)22(2)41/h3-18,20H,19H2,1-2H3. The molecule has 0 unspecified atom stereocenters. The number of pyridine rings is 1. The number of benzene rings is 3. The van der Waals surface area contributed by atoms with Gasteiger partial charge in [0.2, 0.25) is 0 Å². The molecule has 0 spiro atoms. The topological polar surface area (TPSA) is 82.7 Å². The highest BCUT2D eigenvalue weighted by molar-refractivity contribution is 5.98. The molecule has 0 aliphatic heterocycles. The van der Waals surface area contributed by atoms with Crippen LogP contribution in [0, 0.1) is 18.6 Å². The lowest BCUT2D eigenvalue weighted by Crippen LogP contribution is -2.27. The number of fused-ring (bicyclic) bond motifs is 1. The molecule has 3 aromatic heterocycles. The molecule has 0 radical (unpaired) electrons. The molecule has 6 rings (SSSR count). The lowest BCUT2D eigenvalue weighted by Gasteiger charge is -2.12. The second-order valence-electron chi connectivity index (χ2n) is 10.3. The number of aryl methyl sites for hydroxylation is 1. The van der Waals surface area contributed by atoms with Crippen LogP contribution in [0.2, 0.25) is 0 Å². The van der Waals surface area contributed by atoms with Gasteiger partial charge in [-0.1, -0.05) is 24.3 Å². The van der Waals surface area contributed by atoms with Gasteiger partial charge in [0, 0.05) is 41.7 Å². The molecule has 0 saturated heterocycles. The molecule has 7 nitrogen and oxygen atoms in total. The molecule has 0 amide bonds. The van der Waals surface area contributed by atoms with E-state index in [9.17, 15) is 18.8 Å². The number of carbonyl (C=O) groups excluding carboxylic acids is 2. The van der Waals surface area contributed by atoms with Gasteiger partial charge in [0.25, 0.3) is 5.56 Å². The maximum absolute atomic E-state index is 15.4. The summed E-state index contributed by atoms with van der Waals surface area (Å²) in [4.78, 5) is 38.4.